The van der Waals surface area contributed by atoms with Crippen LogP contribution < -0.4 is 10.6 Å². The standard InChI is InChI=1S/C17H29N5OS/c1-22-16(13-7-6-10-18-11-13)20-21-17(22)24-12-15(23)19-14-8-4-2-3-5-9-14/h13-14,18H,2-12H2,1H3,(H,19,23). The highest BCUT2D eigenvalue weighted by molar-refractivity contribution is 7.99. The van der Waals surface area contributed by atoms with Gasteiger partial charge in [-0.3, -0.25) is 4.79 Å². The van der Waals surface area contributed by atoms with E-state index >= 15 is 0 Å². The fourth-order valence-corrected chi connectivity index (χ4v) is 4.43. The van der Waals surface area contributed by atoms with Crippen LogP contribution in [0.25, 0.3) is 0 Å². The average molecular weight is 352 g/mol. The third-order valence-electron chi connectivity index (χ3n) is 5.08. The van der Waals surface area contributed by atoms with Crippen molar-refractivity contribution in [2.24, 2.45) is 7.05 Å². The number of carbonyl (C=O) groups is 1. The molecular formula is C17H29N5OS. The van der Waals surface area contributed by atoms with Crippen molar-refractivity contribution in [2.45, 2.75) is 68.5 Å². The molecule has 134 valence electrons. The number of rotatable bonds is 5. The highest BCUT2D eigenvalue weighted by atomic mass is 32.2. The summed E-state index contributed by atoms with van der Waals surface area (Å²) in [5.41, 5.74) is 0. The lowest BCUT2D eigenvalue weighted by molar-refractivity contribution is -0.119. The Balaban J connectivity index is 1.49. The second-order valence-electron chi connectivity index (χ2n) is 6.99. The fraction of sp³-hybridized carbons (Fsp3) is 0.824. The minimum atomic E-state index is 0.121. The smallest absolute Gasteiger partial charge is 0.230 e. The summed E-state index contributed by atoms with van der Waals surface area (Å²) >= 11 is 1.49. The molecule has 0 bridgehead atoms. The van der Waals surface area contributed by atoms with Crippen LogP contribution >= 0.6 is 11.8 Å². The first-order valence-corrected chi connectivity index (χ1v) is 10.2. The van der Waals surface area contributed by atoms with Gasteiger partial charge in [-0.25, -0.2) is 0 Å². The number of aromatic nitrogens is 3. The summed E-state index contributed by atoms with van der Waals surface area (Å²) < 4.78 is 2.06. The molecule has 2 fully saturated rings. The van der Waals surface area contributed by atoms with E-state index in [4.69, 9.17) is 0 Å². The van der Waals surface area contributed by atoms with Crippen LogP contribution in [0.15, 0.2) is 5.16 Å². The minimum Gasteiger partial charge on any atom is -0.353 e. The Hall–Kier alpha value is -1.08. The quantitative estimate of drug-likeness (QED) is 0.629. The summed E-state index contributed by atoms with van der Waals surface area (Å²) in [6.07, 6.45) is 9.67. The summed E-state index contributed by atoms with van der Waals surface area (Å²) in [5, 5.41) is 16.1. The molecule has 6 nitrogen and oxygen atoms in total. The maximum absolute atomic E-state index is 12.2. The Morgan fingerprint density at radius 2 is 2.00 bits per heavy atom. The zero-order valence-corrected chi connectivity index (χ0v) is 15.4. The van der Waals surface area contributed by atoms with E-state index in [-0.39, 0.29) is 5.91 Å². The molecule has 2 aliphatic rings. The van der Waals surface area contributed by atoms with Gasteiger partial charge in [0.1, 0.15) is 5.82 Å². The van der Waals surface area contributed by atoms with Gasteiger partial charge in [0.05, 0.1) is 5.75 Å². The predicted octanol–water partition coefficient (Wildman–Crippen LogP) is 2.21. The molecule has 3 rings (SSSR count). The maximum atomic E-state index is 12.2. The summed E-state index contributed by atoms with van der Waals surface area (Å²) in [5.74, 6) is 2.01. The molecule has 1 saturated heterocycles. The van der Waals surface area contributed by atoms with Crippen molar-refractivity contribution in [1.29, 1.82) is 0 Å². The van der Waals surface area contributed by atoms with Crippen molar-refractivity contribution in [3.63, 3.8) is 0 Å². The topological polar surface area (TPSA) is 71.8 Å². The zero-order valence-electron chi connectivity index (χ0n) is 14.6. The highest BCUT2D eigenvalue weighted by Crippen LogP contribution is 2.25. The van der Waals surface area contributed by atoms with E-state index in [2.05, 4.69) is 25.4 Å². The van der Waals surface area contributed by atoms with E-state index in [9.17, 15) is 4.79 Å². The van der Waals surface area contributed by atoms with E-state index in [1.807, 2.05) is 7.05 Å². The molecule has 2 N–H and O–H groups in total. The summed E-state index contributed by atoms with van der Waals surface area (Å²) in [6.45, 7) is 2.07. The molecule has 0 radical (unpaired) electrons. The normalized spacial score (nSPS) is 23.0. The molecule has 0 aromatic carbocycles. The molecule has 2 heterocycles. The number of thioether (sulfide) groups is 1. The summed E-state index contributed by atoms with van der Waals surface area (Å²) in [4.78, 5) is 12.2. The SMILES string of the molecule is Cn1c(SCC(=O)NC2CCCCCC2)nnc1C1CCCNC1. The monoisotopic (exact) mass is 351 g/mol. The molecular weight excluding hydrogens is 322 g/mol. The molecule has 1 atom stereocenters. The Morgan fingerprint density at radius 3 is 2.71 bits per heavy atom. The number of nitrogens with one attached hydrogen (secondary N) is 2. The van der Waals surface area contributed by atoms with Crippen LogP contribution in [0.5, 0.6) is 0 Å². The second kappa shape index (κ2) is 8.85. The first-order chi connectivity index (χ1) is 11.7. The van der Waals surface area contributed by atoms with Crippen LogP contribution in [-0.2, 0) is 11.8 Å². The van der Waals surface area contributed by atoms with Gasteiger partial charge in [0.15, 0.2) is 5.16 Å². The Kier molecular flexibility index (Phi) is 6.54. The number of carbonyl (C=O) groups excluding carboxylic acids is 1. The van der Waals surface area contributed by atoms with Gasteiger partial charge >= 0.3 is 0 Å². The van der Waals surface area contributed by atoms with Gasteiger partial charge in [-0.1, -0.05) is 37.4 Å². The lowest BCUT2D eigenvalue weighted by Gasteiger charge is -2.21. The molecule has 1 aromatic rings. The van der Waals surface area contributed by atoms with Gasteiger partial charge in [0, 0.05) is 25.6 Å². The van der Waals surface area contributed by atoms with Gasteiger partial charge < -0.3 is 15.2 Å². The molecule has 24 heavy (non-hydrogen) atoms. The van der Waals surface area contributed by atoms with Gasteiger partial charge in [0.25, 0.3) is 0 Å². The molecule has 1 aromatic heterocycles. The molecule has 0 spiro atoms. The van der Waals surface area contributed by atoms with Crippen molar-refractivity contribution in [3.8, 4) is 0 Å². The summed E-state index contributed by atoms with van der Waals surface area (Å²) in [7, 11) is 2.01. The lowest BCUT2D eigenvalue weighted by atomic mass is 9.99. The second-order valence-corrected chi connectivity index (χ2v) is 7.93. The molecule has 1 aliphatic carbocycles. The third kappa shape index (κ3) is 4.72. The first kappa shape index (κ1) is 17.7. The van der Waals surface area contributed by atoms with Gasteiger partial charge in [-0.2, -0.15) is 0 Å². The Bertz CT molecular complexity index is 533. The van der Waals surface area contributed by atoms with Crippen molar-refractivity contribution in [2.75, 3.05) is 18.8 Å². The molecule has 1 unspecified atom stereocenters. The van der Waals surface area contributed by atoms with Crippen LogP contribution in [0.4, 0.5) is 0 Å². The minimum absolute atomic E-state index is 0.121. The van der Waals surface area contributed by atoms with Crippen LogP contribution in [0, 0.1) is 0 Å². The van der Waals surface area contributed by atoms with Crippen LogP contribution in [0.2, 0.25) is 0 Å². The third-order valence-corrected chi connectivity index (χ3v) is 6.10. The van der Waals surface area contributed by atoms with E-state index in [0.29, 0.717) is 17.7 Å². The van der Waals surface area contributed by atoms with Gasteiger partial charge in [0.2, 0.25) is 5.91 Å². The highest BCUT2D eigenvalue weighted by Gasteiger charge is 2.22. The van der Waals surface area contributed by atoms with Crippen molar-refractivity contribution >= 4 is 17.7 Å². The number of amides is 1. The predicted molar refractivity (Wildman–Crippen MR) is 96.2 cm³/mol. The number of nitrogens with zero attached hydrogens (tertiary/aromatic N) is 3. The molecule has 1 aliphatic heterocycles. The molecule has 1 saturated carbocycles. The lowest BCUT2D eigenvalue weighted by Crippen LogP contribution is -2.35. The van der Waals surface area contributed by atoms with E-state index in [1.165, 1.54) is 43.9 Å². The fourth-order valence-electron chi connectivity index (χ4n) is 3.70. The van der Waals surface area contributed by atoms with E-state index < -0.39 is 0 Å². The van der Waals surface area contributed by atoms with Crippen LogP contribution in [0.1, 0.15) is 63.1 Å². The molecule has 1 amide bonds. The average Bonchev–Trinajstić information content (AvgIpc) is 2.79. The largest absolute Gasteiger partial charge is 0.353 e. The molecule has 7 heteroatoms. The maximum Gasteiger partial charge on any atom is 0.230 e. The van der Waals surface area contributed by atoms with Crippen molar-refractivity contribution in [3.05, 3.63) is 5.82 Å². The number of piperidine rings is 1. The Morgan fingerprint density at radius 1 is 1.21 bits per heavy atom. The van der Waals surface area contributed by atoms with Crippen molar-refractivity contribution < 1.29 is 4.79 Å². The van der Waals surface area contributed by atoms with Gasteiger partial charge in [-0.15, -0.1) is 10.2 Å². The van der Waals surface area contributed by atoms with Crippen LogP contribution in [0.3, 0.4) is 0 Å². The van der Waals surface area contributed by atoms with Crippen LogP contribution in [-0.4, -0.2) is 45.6 Å². The van der Waals surface area contributed by atoms with Gasteiger partial charge in [-0.05, 0) is 32.2 Å². The summed E-state index contributed by atoms with van der Waals surface area (Å²) in [6, 6.07) is 0.365. The zero-order chi connectivity index (χ0) is 16.8. The number of hydrogen-bond donors (Lipinski definition) is 2. The van der Waals surface area contributed by atoms with E-state index in [0.717, 1.165) is 43.3 Å². The number of hydrogen-bond acceptors (Lipinski definition) is 5. The van der Waals surface area contributed by atoms with Crippen molar-refractivity contribution in [1.82, 2.24) is 25.4 Å². The Labute approximate surface area is 148 Å². The first-order valence-electron chi connectivity index (χ1n) is 9.26. The van der Waals surface area contributed by atoms with E-state index in [1.54, 1.807) is 0 Å².